The lowest BCUT2D eigenvalue weighted by Gasteiger charge is -2.04. The third-order valence-electron chi connectivity index (χ3n) is 1.91. The molecule has 0 amide bonds. The van der Waals surface area contributed by atoms with Crippen molar-refractivity contribution in [2.24, 2.45) is 5.11 Å². The monoisotopic (exact) mass is 214 g/mol. The molecule has 0 unspecified atom stereocenters. The SMILES string of the molecule is COc1ccc(C#N)cc1C=CCN=[N+]=[N-]. The second-order valence-electron chi connectivity index (χ2n) is 2.88. The van der Waals surface area contributed by atoms with Crippen LogP contribution in [0.1, 0.15) is 11.1 Å². The van der Waals surface area contributed by atoms with Crippen LogP contribution in [0, 0.1) is 11.3 Å². The zero-order valence-electron chi connectivity index (χ0n) is 8.79. The topological polar surface area (TPSA) is 81.8 Å². The minimum atomic E-state index is 0.274. The number of nitriles is 1. The van der Waals surface area contributed by atoms with Crippen molar-refractivity contribution in [2.75, 3.05) is 13.7 Å². The Morgan fingerprint density at radius 2 is 2.44 bits per heavy atom. The highest BCUT2D eigenvalue weighted by Crippen LogP contribution is 2.20. The Morgan fingerprint density at radius 3 is 3.06 bits per heavy atom. The molecule has 0 saturated heterocycles. The molecule has 80 valence electrons. The number of ether oxygens (including phenoxy) is 1. The van der Waals surface area contributed by atoms with Crippen molar-refractivity contribution in [3.8, 4) is 11.8 Å². The average molecular weight is 214 g/mol. The summed E-state index contributed by atoms with van der Waals surface area (Å²) in [5, 5.41) is 12.1. The van der Waals surface area contributed by atoms with Crippen LogP contribution in [0.25, 0.3) is 16.5 Å². The van der Waals surface area contributed by atoms with Gasteiger partial charge < -0.3 is 4.74 Å². The average Bonchev–Trinajstić information content (AvgIpc) is 2.34. The molecular weight excluding hydrogens is 204 g/mol. The predicted octanol–water partition coefficient (Wildman–Crippen LogP) is 2.89. The van der Waals surface area contributed by atoms with E-state index >= 15 is 0 Å². The summed E-state index contributed by atoms with van der Waals surface area (Å²) in [6.07, 6.45) is 3.47. The molecule has 0 N–H and O–H groups in total. The van der Waals surface area contributed by atoms with Gasteiger partial charge in [-0.25, -0.2) is 0 Å². The Hall–Kier alpha value is -2.44. The molecule has 1 aromatic rings. The maximum atomic E-state index is 8.75. The van der Waals surface area contributed by atoms with Crippen LogP contribution >= 0.6 is 0 Å². The zero-order chi connectivity index (χ0) is 11.8. The first-order chi connectivity index (χ1) is 7.81. The molecule has 0 aliphatic heterocycles. The molecule has 0 aliphatic rings. The smallest absolute Gasteiger partial charge is 0.126 e. The van der Waals surface area contributed by atoms with Crippen molar-refractivity contribution in [2.45, 2.75) is 0 Å². The number of hydrogen-bond acceptors (Lipinski definition) is 3. The van der Waals surface area contributed by atoms with Crippen LogP contribution in [0.5, 0.6) is 5.75 Å². The van der Waals surface area contributed by atoms with Crippen molar-refractivity contribution in [1.82, 2.24) is 0 Å². The molecule has 0 radical (unpaired) electrons. The van der Waals surface area contributed by atoms with Crippen molar-refractivity contribution in [3.05, 3.63) is 45.8 Å². The molecule has 0 aliphatic carbocycles. The van der Waals surface area contributed by atoms with Crippen molar-refractivity contribution < 1.29 is 4.74 Å². The maximum Gasteiger partial charge on any atom is 0.126 e. The molecule has 0 spiro atoms. The van der Waals surface area contributed by atoms with Gasteiger partial charge in [-0.05, 0) is 23.7 Å². The van der Waals surface area contributed by atoms with E-state index in [1.807, 2.05) is 6.07 Å². The van der Waals surface area contributed by atoms with E-state index in [1.165, 1.54) is 0 Å². The van der Waals surface area contributed by atoms with Crippen LogP contribution in [0.2, 0.25) is 0 Å². The van der Waals surface area contributed by atoms with Gasteiger partial charge in [-0.3, -0.25) is 0 Å². The summed E-state index contributed by atoms with van der Waals surface area (Å²) in [6, 6.07) is 7.17. The molecule has 0 fully saturated rings. The van der Waals surface area contributed by atoms with Crippen LogP contribution in [0.3, 0.4) is 0 Å². The molecule has 0 heterocycles. The second-order valence-corrected chi connectivity index (χ2v) is 2.88. The fourth-order valence-corrected chi connectivity index (χ4v) is 1.20. The van der Waals surface area contributed by atoms with E-state index in [9.17, 15) is 0 Å². The molecule has 5 nitrogen and oxygen atoms in total. The summed E-state index contributed by atoms with van der Waals surface area (Å²) < 4.78 is 5.14. The maximum absolute atomic E-state index is 8.75. The Morgan fingerprint density at radius 1 is 1.62 bits per heavy atom. The number of azide groups is 1. The van der Waals surface area contributed by atoms with E-state index in [1.54, 1.807) is 37.5 Å². The third-order valence-corrected chi connectivity index (χ3v) is 1.91. The van der Waals surface area contributed by atoms with E-state index in [-0.39, 0.29) is 6.54 Å². The Balaban J connectivity index is 2.96. The minimum absolute atomic E-state index is 0.274. The van der Waals surface area contributed by atoms with E-state index in [2.05, 4.69) is 10.0 Å². The summed E-state index contributed by atoms with van der Waals surface area (Å²) >= 11 is 0. The molecule has 16 heavy (non-hydrogen) atoms. The van der Waals surface area contributed by atoms with Gasteiger partial charge in [0, 0.05) is 17.0 Å². The van der Waals surface area contributed by atoms with E-state index in [0.29, 0.717) is 11.3 Å². The largest absolute Gasteiger partial charge is 0.496 e. The fourth-order valence-electron chi connectivity index (χ4n) is 1.20. The van der Waals surface area contributed by atoms with Crippen LogP contribution in [0.4, 0.5) is 0 Å². The molecular formula is C11H10N4O. The summed E-state index contributed by atoms with van der Waals surface area (Å²) in [4.78, 5) is 2.63. The Kier molecular flexibility index (Phi) is 4.45. The summed E-state index contributed by atoms with van der Waals surface area (Å²) in [7, 11) is 1.56. The number of nitrogens with zero attached hydrogens (tertiary/aromatic N) is 4. The second kappa shape index (κ2) is 6.12. The van der Waals surface area contributed by atoms with Crippen molar-refractivity contribution in [3.63, 3.8) is 0 Å². The summed E-state index contributed by atoms with van der Waals surface area (Å²) in [5.41, 5.74) is 9.45. The molecule has 1 aromatic carbocycles. The predicted molar refractivity (Wildman–Crippen MR) is 60.8 cm³/mol. The lowest BCUT2D eigenvalue weighted by molar-refractivity contribution is 0.414. The number of methoxy groups -OCH3 is 1. The molecule has 0 bridgehead atoms. The molecule has 0 atom stereocenters. The van der Waals surface area contributed by atoms with Crippen molar-refractivity contribution in [1.29, 1.82) is 5.26 Å². The van der Waals surface area contributed by atoms with Crippen LogP contribution in [-0.4, -0.2) is 13.7 Å². The molecule has 0 saturated carbocycles. The lowest BCUT2D eigenvalue weighted by atomic mass is 10.1. The van der Waals surface area contributed by atoms with E-state index in [0.717, 1.165) is 5.56 Å². The van der Waals surface area contributed by atoms with E-state index in [4.69, 9.17) is 15.5 Å². The minimum Gasteiger partial charge on any atom is -0.496 e. The first kappa shape index (κ1) is 11.6. The van der Waals surface area contributed by atoms with E-state index < -0.39 is 0 Å². The van der Waals surface area contributed by atoms with Gasteiger partial charge in [0.05, 0.1) is 18.7 Å². The van der Waals surface area contributed by atoms with Crippen LogP contribution in [0.15, 0.2) is 29.4 Å². The number of hydrogen-bond donors (Lipinski definition) is 0. The zero-order valence-corrected chi connectivity index (χ0v) is 8.79. The number of rotatable bonds is 4. The normalized spacial score (nSPS) is 9.50. The van der Waals surface area contributed by atoms with Gasteiger partial charge in [-0.15, -0.1) is 0 Å². The first-order valence-electron chi connectivity index (χ1n) is 4.57. The first-order valence-corrected chi connectivity index (χ1v) is 4.57. The molecule has 0 aromatic heterocycles. The fraction of sp³-hybridized carbons (Fsp3) is 0.182. The van der Waals surface area contributed by atoms with Gasteiger partial charge in [0.1, 0.15) is 5.75 Å². The highest BCUT2D eigenvalue weighted by molar-refractivity contribution is 5.59. The van der Waals surface area contributed by atoms with Gasteiger partial charge in [-0.2, -0.15) is 5.26 Å². The summed E-state index contributed by atoms with van der Waals surface area (Å²) in [5.74, 6) is 0.677. The molecule has 1 rings (SSSR count). The van der Waals surface area contributed by atoms with Gasteiger partial charge in [0.25, 0.3) is 0 Å². The van der Waals surface area contributed by atoms with Gasteiger partial charge in [-0.1, -0.05) is 17.3 Å². The van der Waals surface area contributed by atoms with Crippen LogP contribution < -0.4 is 4.74 Å². The van der Waals surface area contributed by atoms with Crippen LogP contribution in [-0.2, 0) is 0 Å². The van der Waals surface area contributed by atoms with Gasteiger partial charge in [0.15, 0.2) is 0 Å². The Labute approximate surface area is 93.2 Å². The number of benzene rings is 1. The lowest BCUT2D eigenvalue weighted by Crippen LogP contribution is -1.88. The van der Waals surface area contributed by atoms with Crippen molar-refractivity contribution >= 4 is 6.08 Å². The highest BCUT2D eigenvalue weighted by atomic mass is 16.5. The third kappa shape index (κ3) is 3.05. The molecule has 5 heteroatoms. The highest BCUT2D eigenvalue weighted by Gasteiger charge is 2.00. The summed E-state index contributed by atoms with van der Waals surface area (Å²) in [6.45, 7) is 0.274. The van der Waals surface area contributed by atoms with Gasteiger partial charge >= 0.3 is 0 Å². The standard InChI is InChI=1S/C11H10N4O/c1-16-11-5-4-9(8-12)7-10(11)3-2-6-14-15-13/h2-5,7H,6H2,1H3. The quantitative estimate of drug-likeness (QED) is 0.438. The Bertz CT molecular complexity index is 481. The van der Waals surface area contributed by atoms with Gasteiger partial charge in [0.2, 0.25) is 0 Å².